The molecule has 0 heterocycles. The molecule has 0 amide bonds. The maximum atomic E-state index is 12.4. The third-order valence-electron chi connectivity index (χ3n) is 3.51. The van der Waals surface area contributed by atoms with Crippen LogP contribution in [-0.2, 0) is 10.0 Å². The van der Waals surface area contributed by atoms with Crippen molar-refractivity contribution in [2.45, 2.75) is 50.0 Å². The van der Waals surface area contributed by atoms with Gasteiger partial charge in [0.2, 0.25) is 10.0 Å². The Morgan fingerprint density at radius 3 is 2.64 bits per heavy atom. The Hall–Kier alpha value is -1.60. The van der Waals surface area contributed by atoms with Gasteiger partial charge in [-0.2, -0.15) is 0 Å². The van der Waals surface area contributed by atoms with Crippen LogP contribution in [0, 0.1) is 0 Å². The molecule has 1 aliphatic rings. The van der Waals surface area contributed by atoms with Gasteiger partial charge in [-0.1, -0.05) is 19.8 Å². The largest absolute Gasteiger partial charge is 0.478 e. The summed E-state index contributed by atoms with van der Waals surface area (Å²) in [5.74, 6) is -1.14. The Balaban J connectivity index is 2.25. The molecule has 3 N–H and O–H groups in total. The molecule has 0 atom stereocenters. The maximum absolute atomic E-state index is 12.4. The molecular weight excluding hydrogens is 304 g/mol. The van der Waals surface area contributed by atoms with Crippen LogP contribution in [0.4, 0.5) is 5.69 Å². The van der Waals surface area contributed by atoms with Crippen molar-refractivity contribution in [3.63, 3.8) is 0 Å². The molecule has 6 nitrogen and oxygen atoms in total. The lowest BCUT2D eigenvalue weighted by molar-refractivity contribution is 0.0696. The summed E-state index contributed by atoms with van der Waals surface area (Å²) in [6.45, 7) is 2.75. The smallest absolute Gasteiger partial charge is 0.335 e. The third kappa shape index (κ3) is 4.45. The zero-order valence-corrected chi connectivity index (χ0v) is 13.4. The lowest BCUT2D eigenvalue weighted by Crippen LogP contribution is -2.27. The summed E-state index contributed by atoms with van der Waals surface area (Å²) in [5, 5.41) is 12.2. The number of hydrogen-bond donors (Lipinski definition) is 3. The van der Waals surface area contributed by atoms with E-state index in [9.17, 15) is 13.2 Å². The van der Waals surface area contributed by atoms with Gasteiger partial charge in [0.1, 0.15) is 4.90 Å². The van der Waals surface area contributed by atoms with Gasteiger partial charge in [-0.15, -0.1) is 0 Å². The summed E-state index contributed by atoms with van der Waals surface area (Å²) in [7, 11) is -3.70. The first kappa shape index (κ1) is 16.8. The number of rotatable bonds is 9. The molecule has 1 aliphatic carbocycles. The van der Waals surface area contributed by atoms with Crippen LogP contribution < -0.4 is 10.0 Å². The van der Waals surface area contributed by atoms with Crippen LogP contribution >= 0.6 is 0 Å². The first-order chi connectivity index (χ1) is 10.4. The molecule has 1 aromatic rings. The first-order valence-corrected chi connectivity index (χ1v) is 9.06. The minimum Gasteiger partial charge on any atom is -0.478 e. The number of carboxylic acids is 1. The predicted octanol–water partition coefficient (Wildman–Crippen LogP) is 2.43. The second-order valence-corrected chi connectivity index (χ2v) is 7.23. The minimum atomic E-state index is -3.70. The van der Waals surface area contributed by atoms with Crippen molar-refractivity contribution < 1.29 is 18.3 Å². The van der Waals surface area contributed by atoms with Gasteiger partial charge in [0, 0.05) is 12.6 Å². The van der Waals surface area contributed by atoms with Crippen molar-refractivity contribution in [1.82, 2.24) is 4.72 Å². The monoisotopic (exact) mass is 326 g/mol. The molecule has 7 heteroatoms. The van der Waals surface area contributed by atoms with Gasteiger partial charge in [-0.25, -0.2) is 17.9 Å². The summed E-state index contributed by atoms with van der Waals surface area (Å²) < 4.78 is 27.4. The molecule has 1 fully saturated rings. The van der Waals surface area contributed by atoms with Gasteiger partial charge in [0.25, 0.3) is 0 Å². The number of sulfonamides is 1. The number of unbranched alkanes of at least 4 members (excludes halogenated alkanes) is 2. The van der Waals surface area contributed by atoms with Gasteiger partial charge < -0.3 is 10.4 Å². The van der Waals surface area contributed by atoms with Crippen LogP contribution in [0.2, 0.25) is 0 Å². The average Bonchev–Trinajstić information content (AvgIpc) is 3.26. The first-order valence-electron chi connectivity index (χ1n) is 7.57. The highest BCUT2D eigenvalue weighted by molar-refractivity contribution is 7.89. The summed E-state index contributed by atoms with van der Waals surface area (Å²) in [6, 6.07) is 4.14. The zero-order valence-electron chi connectivity index (χ0n) is 12.6. The predicted molar refractivity (Wildman–Crippen MR) is 84.8 cm³/mol. The summed E-state index contributed by atoms with van der Waals surface area (Å²) >= 11 is 0. The van der Waals surface area contributed by atoms with E-state index in [4.69, 9.17) is 5.11 Å². The molecule has 122 valence electrons. The summed E-state index contributed by atoms with van der Waals surface area (Å²) in [6.07, 6.45) is 4.73. The number of hydrogen-bond acceptors (Lipinski definition) is 4. The Labute approximate surface area is 131 Å². The van der Waals surface area contributed by atoms with E-state index in [2.05, 4.69) is 17.0 Å². The van der Waals surface area contributed by atoms with E-state index >= 15 is 0 Å². The normalized spacial score (nSPS) is 14.8. The summed E-state index contributed by atoms with van der Waals surface area (Å²) in [5.41, 5.74) is 0.421. The molecule has 0 aliphatic heterocycles. The highest BCUT2D eigenvalue weighted by Gasteiger charge is 2.29. The van der Waals surface area contributed by atoms with E-state index in [1.54, 1.807) is 0 Å². The highest BCUT2D eigenvalue weighted by Crippen LogP contribution is 2.27. The molecule has 1 saturated carbocycles. The van der Waals surface area contributed by atoms with Crippen molar-refractivity contribution in [1.29, 1.82) is 0 Å². The van der Waals surface area contributed by atoms with E-state index in [1.807, 2.05) is 0 Å². The standard InChI is InChI=1S/C15H22N2O4S/c1-2-3-4-9-16-13-8-5-11(15(18)19)10-14(13)22(20,21)17-12-6-7-12/h5,8,10,12,16-17H,2-4,6-7,9H2,1H3,(H,18,19). The Bertz CT molecular complexity index is 639. The van der Waals surface area contributed by atoms with Gasteiger partial charge in [-0.05, 0) is 37.5 Å². The number of benzene rings is 1. The van der Waals surface area contributed by atoms with Gasteiger partial charge in [0.05, 0.1) is 11.3 Å². The van der Waals surface area contributed by atoms with Crippen molar-refractivity contribution in [2.24, 2.45) is 0 Å². The van der Waals surface area contributed by atoms with Gasteiger partial charge in [-0.3, -0.25) is 0 Å². The van der Waals surface area contributed by atoms with Crippen molar-refractivity contribution in [3.05, 3.63) is 23.8 Å². The second kappa shape index (κ2) is 7.11. The van der Waals surface area contributed by atoms with Crippen molar-refractivity contribution in [2.75, 3.05) is 11.9 Å². The lowest BCUT2D eigenvalue weighted by atomic mass is 10.2. The van der Waals surface area contributed by atoms with E-state index in [0.29, 0.717) is 12.2 Å². The number of aromatic carboxylic acids is 1. The van der Waals surface area contributed by atoms with Crippen LogP contribution in [-0.4, -0.2) is 32.1 Å². The molecule has 2 rings (SSSR count). The van der Waals surface area contributed by atoms with Crippen LogP contribution in [0.1, 0.15) is 49.4 Å². The number of nitrogens with one attached hydrogen (secondary N) is 2. The lowest BCUT2D eigenvalue weighted by Gasteiger charge is -2.14. The fraction of sp³-hybridized carbons (Fsp3) is 0.533. The summed E-state index contributed by atoms with van der Waals surface area (Å²) in [4.78, 5) is 11.1. The van der Waals surface area contributed by atoms with Crippen LogP contribution in [0.3, 0.4) is 0 Å². The quantitative estimate of drug-likeness (QED) is 0.606. The van der Waals surface area contributed by atoms with E-state index < -0.39 is 16.0 Å². The molecule has 0 spiro atoms. The van der Waals surface area contributed by atoms with E-state index in [0.717, 1.165) is 32.1 Å². The Morgan fingerprint density at radius 2 is 2.05 bits per heavy atom. The minimum absolute atomic E-state index is 0.01000. The molecule has 0 radical (unpaired) electrons. The zero-order chi connectivity index (χ0) is 16.2. The molecule has 0 saturated heterocycles. The molecule has 0 aromatic heterocycles. The van der Waals surface area contributed by atoms with Gasteiger partial charge >= 0.3 is 5.97 Å². The third-order valence-corrected chi connectivity index (χ3v) is 5.07. The number of anilines is 1. The fourth-order valence-electron chi connectivity index (χ4n) is 2.11. The van der Waals surface area contributed by atoms with E-state index in [-0.39, 0.29) is 16.5 Å². The average molecular weight is 326 g/mol. The van der Waals surface area contributed by atoms with Crippen molar-refractivity contribution >= 4 is 21.7 Å². The van der Waals surface area contributed by atoms with E-state index in [1.165, 1.54) is 18.2 Å². The number of carboxylic acid groups (broad SMARTS) is 1. The topological polar surface area (TPSA) is 95.5 Å². The van der Waals surface area contributed by atoms with Crippen LogP contribution in [0.25, 0.3) is 0 Å². The SMILES string of the molecule is CCCCCNc1ccc(C(=O)O)cc1S(=O)(=O)NC1CC1. The Morgan fingerprint density at radius 1 is 1.32 bits per heavy atom. The molecule has 22 heavy (non-hydrogen) atoms. The molecule has 0 unspecified atom stereocenters. The Kier molecular flexibility index (Phi) is 5.42. The molecule has 0 bridgehead atoms. The highest BCUT2D eigenvalue weighted by atomic mass is 32.2. The molecular formula is C15H22N2O4S. The van der Waals surface area contributed by atoms with Crippen LogP contribution in [0.15, 0.2) is 23.1 Å². The molecule has 1 aromatic carbocycles. The second-order valence-electron chi connectivity index (χ2n) is 5.55. The fourth-order valence-corrected chi connectivity index (χ4v) is 3.62. The van der Waals surface area contributed by atoms with Gasteiger partial charge in [0.15, 0.2) is 0 Å². The number of carbonyl (C=O) groups is 1. The maximum Gasteiger partial charge on any atom is 0.335 e. The van der Waals surface area contributed by atoms with Crippen LogP contribution in [0.5, 0.6) is 0 Å². The van der Waals surface area contributed by atoms with Crippen molar-refractivity contribution in [3.8, 4) is 0 Å².